The minimum absolute atomic E-state index is 0.0972. The highest BCUT2D eigenvalue weighted by Crippen LogP contribution is 2.35. The zero-order valence-electron chi connectivity index (χ0n) is 18.1. The molecule has 0 radical (unpaired) electrons. The Morgan fingerprint density at radius 1 is 1.11 bits per heavy atom. The topological polar surface area (TPSA) is 112 Å². The fraction of sp³-hybridized carbons (Fsp3) is 0.136. The summed E-state index contributed by atoms with van der Waals surface area (Å²) in [5, 5.41) is 17.9. The molecule has 5 rings (SSSR count). The van der Waals surface area contributed by atoms with E-state index in [-0.39, 0.29) is 23.7 Å². The Morgan fingerprint density at radius 3 is 2.66 bits per heavy atom. The van der Waals surface area contributed by atoms with Crippen LogP contribution in [0, 0.1) is 0 Å². The molecule has 10 nitrogen and oxygen atoms in total. The number of nitrogens with one attached hydrogen (secondary N) is 2. The zero-order valence-corrected chi connectivity index (χ0v) is 18.1. The first-order valence-corrected chi connectivity index (χ1v) is 10.3. The van der Waals surface area contributed by atoms with Crippen LogP contribution in [0.15, 0.2) is 72.7 Å². The standard InChI is InChI=1S/C22H17F3N8O2/c1-35-18-10-13(11-27-20(18)33-28-8-9-29-33)31-21(34)15-12-30-32(19(15)22(23,24)25)17-6-2-5-16-14(17)4-3-7-26-16/h2-10,12,27H,11H2,1H3,(H,31,34). The van der Waals surface area contributed by atoms with Crippen LogP contribution in [0.2, 0.25) is 0 Å². The number of alkyl halides is 3. The number of pyridine rings is 1. The molecule has 178 valence electrons. The summed E-state index contributed by atoms with van der Waals surface area (Å²) >= 11 is 0. The molecule has 3 aromatic heterocycles. The van der Waals surface area contributed by atoms with Crippen molar-refractivity contribution in [2.75, 3.05) is 13.7 Å². The van der Waals surface area contributed by atoms with E-state index in [2.05, 4.69) is 30.9 Å². The molecule has 0 aliphatic carbocycles. The number of rotatable bonds is 5. The van der Waals surface area contributed by atoms with Crippen molar-refractivity contribution >= 4 is 22.6 Å². The van der Waals surface area contributed by atoms with Gasteiger partial charge in [-0.3, -0.25) is 9.78 Å². The number of benzene rings is 1. The van der Waals surface area contributed by atoms with Gasteiger partial charge >= 0.3 is 6.18 Å². The number of hydrogen-bond acceptors (Lipinski definition) is 7. The summed E-state index contributed by atoms with van der Waals surface area (Å²) in [5.41, 5.74) is -0.875. The van der Waals surface area contributed by atoms with E-state index < -0.39 is 23.3 Å². The van der Waals surface area contributed by atoms with Gasteiger partial charge < -0.3 is 15.4 Å². The van der Waals surface area contributed by atoms with Crippen molar-refractivity contribution in [3.05, 3.63) is 83.9 Å². The maximum Gasteiger partial charge on any atom is 0.434 e. The van der Waals surface area contributed by atoms with E-state index in [9.17, 15) is 18.0 Å². The number of carbonyl (C=O) groups excluding carboxylic acids is 1. The molecule has 2 N–H and O–H groups in total. The van der Waals surface area contributed by atoms with E-state index in [0.717, 1.165) is 6.20 Å². The maximum atomic E-state index is 14.2. The highest BCUT2D eigenvalue weighted by atomic mass is 19.4. The van der Waals surface area contributed by atoms with Crippen LogP contribution in [0.5, 0.6) is 0 Å². The molecule has 1 aliphatic rings. The Balaban J connectivity index is 1.51. The van der Waals surface area contributed by atoms with Crippen molar-refractivity contribution in [3.63, 3.8) is 0 Å². The number of fused-ring (bicyclic) bond motifs is 1. The van der Waals surface area contributed by atoms with E-state index in [0.29, 0.717) is 21.4 Å². The highest BCUT2D eigenvalue weighted by molar-refractivity contribution is 5.97. The van der Waals surface area contributed by atoms with Gasteiger partial charge in [0.15, 0.2) is 17.3 Å². The first kappa shape index (κ1) is 22.1. The summed E-state index contributed by atoms with van der Waals surface area (Å²) in [4.78, 5) is 18.4. The van der Waals surface area contributed by atoms with Gasteiger partial charge in [0.1, 0.15) is 0 Å². The summed E-state index contributed by atoms with van der Waals surface area (Å²) in [5.74, 6) is -0.257. The highest BCUT2D eigenvalue weighted by Gasteiger charge is 2.41. The van der Waals surface area contributed by atoms with Crippen molar-refractivity contribution < 1.29 is 22.7 Å². The number of dihydropyridines is 1. The molecule has 0 spiro atoms. The molecular weight excluding hydrogens is 465 g/mol. The van der Waals surface area contributed by atoms with Gasteiger partial charge in [-0.05, 0) is 24.3 Å². The predicted molar refractivity (Wildman–Crippen MR) is 118 cm³/mol. The van der Waals surface area contributed by atoms with Gasteiger partial charge in [0, 0.05) is 23.4 Å². The molecule has 4 heterocycles. The summed E-state index contributed by atoms with van der Waals surface area (Å²) in [6.07, 6.45) is 2.03. The number of aromatic nitrogens is 6. The minimum atomic E-state index is -4.86. The lowest BCUT2D eigenvalue weighted by molar-refractivity contribution is -0.143. The second-order valence-electron chi connectivity index (χ2n) is 7.38. The van der Waals surface area contributed by atoms with Crippen LogP contribution in [0.3, 0.4) is 0 Å². The molecule has 0 unspecified atom stereocenters. The molecule has 0 saturated carbocycles. The fourth-order valence-corrected chi connectivity index (χ4v) is 3.74. The largest absolute Gasteiger partial charge is 0.493 e. The minimum Gasteiger partial charge on any atom is -0.493 e. The second-order valence-corrected chi connectivity index (χ2v) is 7.38. The Kier molecular flexibility index (Phi) is 5.43. The molecule has 1 aromatic carbocycles. The molecular formula is C22H17F3N8O2. The van der Waals surface area contributed by atoms with E-state index in [1.54, 1.807) is 30.5 Å². The van der Waals surface area contributed by atoms with Crippen LogP contribution in [0.4, 0.5) is 13.2 Å². The third-order valence-corrected chi connectivity index (χ3v) is 5.23. The monoisotopic (exact) mass is 482 g/mol. The summed E-state index contributed by atoms with van der Waals surface area (Å²) < 4.78 is 48.5. The number of methoxy groups -OCH3 is 1. The second kappa shape index (κ2) is 8.59. The lowest BCUT2D eigenvalue weighted by Gasteiger charge is -2.21. The molecule has 0 fully saturated rings. The van der Waals surface area contributed by atoms with Crippen molar-refractivity contribution in [1.29, 1.82) is 0 Å². The Morgan fingerprint density at radius 2 is 1.91 bits per heavy atom. The molecule has 13 heteroatoms. The molecule has 0 bridgehead atoms. The number of carbonyl (C=O) groups is 1. The van der Waals surface area contributed by atoms with Crippen LogP contribution in [0.25, 0.3) is 22.4 Å². The van der Waals surface area contributed by atoms with Gasteiger partial charge in [-0.1, -0.05) is 6.07 Å². The normalized spacial score (nSPS) is 14.0. The molecule has 1 aliphatic heterocycles. The SMILES string of the molecule is COC1=C(n2nccn2)NCC(NC(=O)c2cnn(-c3cccc4ncccc34)c2C(F)(F)F)=C1. The van der Waals surface area contributed by atoms with E-state index in [1.807, 2.05) is 0 Å². The van der Waals surface area contributed by atoms with E-state index in [1.165, 1.54) is 36.4 Å². The third-order valence-electron chi connectivity index (χ3n) is 5.23. The van der Waals surface area contributed by atoms with Crippen LogP contribution in [0.1, 0.15) is 16.1 Å². The quantitative estimate of drug-likeness (QED) is 0.450. The van der Waals surface area contributed by atoms with Crippen molar-refractivity contribution in [2.24, 2.45) is 0 Å². The van der Waals surface area contributed by atoms with Gasteiger partial charge in [-0.2, -0.15) is 28.5 Å². The first-order valence-electron chi connectivity index (χ1n) is 10.3. The average molecular weight is 482 g/mol. The maximum absolute atomic E-state index is 14.2. The number of amides is 1. The number of ether oxygens (including phenoxy) is 1. The number of nitrogens with zero attached hydrogens (tertiary/aromatic N) is 6. The van der Waals surface area contributed by atoms with Crippen molar-refractivity contribution in [3.8, 4) is 5.69 Å². The number of hydrogen-bond donors (Lipinski definition) is 2. The Bertz CT molecular complexity index is 1470. The van der Waals surface area contributed by atoms with E-state index >= 15 is 0 Å². The van der Waals surface area contributed by atoms with Gasteiger partial charge in [-0.25, -0.2) is 4.68 Å². The molecule has 0 atom stereocenters. The van der Waals surface area contributed by atoms with Gasteiger partial charge in [0.05, 0.1) is 49.0 Å². The summed E-state index contributed by atoms with van der Waals surface area (Å²) in [6.45, 7) is 0.0972. The van der Waals surface area contributed by atoms with Crippen LogP contribution in [-0.4, -0.2) is 49.3 Å². The van der Waals surface area contributed by atoms with Crippen LogP contribution >= 0.6 is 0 Å². The van der Waals surface area contributed by atoms with Gasteiger partial charge in [0.25, 0.3) is 5.91 Å². The Labute approximate surface area is 195 Å². The van der Waals surface area contributed by atoms with Crippen molar-refractivity contribution in [1.82, 2.24) is 40.4 Å². The van der Waals surface area contributed by atoms with Gasteiger partial charge in [0.2, 0.25) is 0 Å². The van der Waals surface area contributed by atoms with Crippen LogP contribution in [-0.2, 0) is 10.9 Å². The average Bonchev–Trinajstić information content (AvgIpc) is 3.54. The Hall–Kier alpha value is -4.68. The summed E-state index contributed by atoms with van der Waals surface area (Å²) in [6, 6.07) is 8.01. The molecule has 35 heavy (non-hydrogen) atoms. The smallest absolute Gasteiger partial charge is 0.434 e. The molecule has 4 aromatic rings. The third kappa shape index (κ3) is 4.07. The number of allylic oxidation sites excluding steroid dienone is 1. The lowest BCUT2D eigenvalue weighted by atomic mass is 10.1. The zero-order chi connectivity index (χ0) is 24.6. The predicted octanol–water partition coefficient (Wildman–Crippen LogP) is 2.72. The van der Waals surface area contributed by atoms with E-state index in [4.69, 9.17) is 4.74 Å². The lowest BCUT2D eigenvalue weighted by Crippen LogP contribution is -2.35. The van der Waals surface area contributed by atoms with Crippen LogP contribution < -0.4 is 10.6 Å². The summed E-state index contributed by atoms with van der Waals surface area (Å²) in [7, 11) is 1.41. The molecule has 0 saturated heterocycles. The first-order chi connectivity index (χ1) is 16.9. The molecule has 1 amide bonds. The fourth-order valence-electron chi connectivity index (χ4n) is 3.74. The van der Waals surface area contributed by atoms with Crippen molar-refractivity contribution in [2.45, 2.75) is 6.18 Å². The van der Waals surface area contributed by atoms with Gasteiger partial charge in [-0.15, -0.1) is 4.80 Å². The number of halogens is 3.